The zero-order chi connectivity index (χ0) is 44.5. The van der Waals surface area contributed by atoms with Crippen LogP contribution < -0.4 is 0 Å². The number of carbonyl (C=O) groups is 2. The number of phosphoric acid groups is 1. The lowest BCUT2D eigenvalue weighted by Gasteiger charge is -2.24. The zero-order valence-electron chi connectivity index (χ0n) is 38.8. The van der Waals surface area contributed by atoms with E-state index < -0.39 is 38.6 Å². The van der Waals surface area contributed by atoms with E-state index in [1.54, 1.807) is 12.2 Å². The van der Waals surface area contributed by atoms with Crippen molar-refractivity contribution in [2.75, 3.05) is 47.5 Å². The Labute approximate surface area is 364 Å². The fourth-order valence-corrected chi connectivity index (χ4v) is 7.28. The highest BCUT2D eigenvalue weighted by molar-refractivity contribution is 7.47. The van der Waals surface area contributed by atoms with Crippen molar-refractivity contribution in [3.8, 4) is 0 Å². The van der Waals surface area contributed by atoms with Crippen LogP contribution in [0.4, 0.5) is 0 Å². The molecule has 60 heavy (non-hydrogen) atoms. The molecule has 0 aliphatic carbocycles. The summed E-state index contributed by atoms with van der Waals surface area (Å²) in [5.41, 5.74) is 2.61. The number of carbonyl (C=O) groups excluding carboxylic acids is 2. The van der Waals surface area contributed by atoms with E-state index in [9.17, 15) is 24.2 Å². The van der Waals surface area contributed by atoms with Gasteiger partial charge in [-0.3, -0.25) is 18.6 Å². The van der Waals surface area contributed by atoms with Crippen molar-refractivity contribution in [1.82, 2.24) is 0 Å². The summed E-state index contributed by atoms with van der Waals surface area (Å²) in [4.78, 5) is 35.5. The summed E-state index contributed by atoms with van der Waals surface area (Å²) in [6.07, 6.45) is 32.1. The van der Waals surface area contributed by atoms with E-state index in [0.717, 1.165) is 75.7 Å². The summed E-state index contributed by atoms with van der Waals surface area (Å²) in [6.45, 7) is 8.41. The van der Waals surface area contributed by atoms with Crippen LogP contribution in [0.15, 0.2) is 40.9 Å². The zero-order valence-corrected chi connectivity index (χ0v) is 39.7. The van der Waals surface area contributed by atoms with Gasteiger partial charge in [-0.2, -0.15) is 0 Å². The number of phosphoric ester groups is 1. The SMILES string of the molecule is CCCCCCCC/C=C/C/C=C/C=C/C(O)CCCC(=O)O[C@H](COC(=O)CCCCCCCCCCc1oc(CCC)c(C)c1C)COP(=O)(O)OCC[N+](C)(C)C. The van der Waals surface area contributed by atoms with Gasteiger partial charge in [0.2, 0.25) is 0 Å². The average molecular weight is 867 g/mol. The molecular weight excluding hydrogens is 781 g/mol. The van der Waals surface area contributed by atoms with Gasteiger partial charge < -0.3 is 28.4 Å². The number of furan rings is 1. The molecule has 0 saturated carbocycles. The van der Waals surface area contributed by atoms with Crippen LogP contribution in [0.2, 0.25) is 0 Å². The Kier molecular flexibility index (Phi) is 31.5. The second-order valence-corrected chi connectivity index (χ2v) is 18.7. The molecule has 0 amide bonds. The van der Waals surface area contributed by atoms with Gasteiger partial charge in [-0.1, -0.05) is 121 Å². The number of unbranched alkanes of at least 4 members (excludes halogenated alkanes) is 13. The molecule has 2 unspecified atom stereocenters. The third kappa shape index (κ3) is 30.5. The predicted octanol–water partition coefficient (Wildman–Crippen LogP) is 11.5. The van der Waals surface area contributed by atoms with Crippen molar-refractivity contribution >= 4 is 19.8 Å². The molecule has 1 heterocycles. The van der Waals surface area contributed by atoms with Gasteiger partial charge in [-0.15, -0.1) is 0 Å². The average Bonchev–Trinajstić information content (AvgIpc) is 3.45. The van der Waals surface area contributed by atoms with Gasteiger partial charge >= 0.3 is 19.8 Å². The summed E-state index contributed by atoms with van der Waals surface area (Å²) in [6, 6.07) is 0. The third-order valence-corrected chi connectivity index (χ3v) is 11.4. The largest absolute Gasteiger partial charge is 0.472 e. The van der Waals surface area contributed by atoms with Gasteiger partial charge in [-0.25, -0.2) is 4.57 Å². The maximum Gasteiger partial charge on any atom is 0.472 e. The van der Waals surface area contributed by atoms with Gasteiger partial charge in [0, 0.05) is 25.7 Å². The molecule has 3 atom stereocenters. The molecule has 1 aromatic rings. The van der Waals surface area contributed by atoms with Crippen LogP contribution >= 0.6 is 7.82 Å². The van der Waals surface area contributed by atoms with Crippen molar-refractivity contribution in [3.05, 3.63) is 59.1 Å². The number of aryl methyl sites for hydroxylation is 2. The number of hydrogen-bond acceptors (Lipinski definition) is 9. The minimum atomic E-state index is -4.44. The molecule has 0 radical (unpaired) electrons. The van der Waals surface area contributed by atoms with Gasteiger partial charge in [0.25, 0.3) is 0 Å². The first-order valence-corrected chi connectivity index (χ1v) is 24.7. The smallest absolute Gasteiger partial charge is 0.466 e. The highest BCUT2D eigenvalue weighted by Gasteiger charge is 2.27. The standard InChI is InChI=1S/C48H84NO10P/c1-8-10-11-12-13-14-15-16-17-18-21-24-27-32-43(50)33-30-36-48(52)58-44(40-57-60(53,54)56-38-37-49(5,6)7)39-55-47(51)35-29-26-23-20-19-22-25-28-34-46-42(4)41(3)45(59-46)31-9-2/h16-17,21,24,27,32,43-44,50H,8-15,18-20,22-23,25-26,28-31,33-40H2,1-7H3/p+1/b17-16+,24-21+,32-27+/t43?,44-/m1/s1. The second-order valence-electron chi connectivity index (χ2n) is 17.2. The number of aliphatic hydroxyl groups is 1. The number of quaternary nitrogens is 1. The van der Waals surface area contributed by atoms with Crippen molar-refractivity contribution < 1.29 is 51.6 Å². The summed E-state index contributed by atoms with van der Waals surface area (Å²) in [7, 11) is 1.34. The van der Waals surface area contributed by atoms with Gasteiger partial charge in [0.1, 0.15) is 31.3 Å². The number of esters is 2. The van der Waals surface area contributed by atoms with Crippen molar-refractivity contribution in [2.45, 2.75) is 188 Å². The maximum atomic E-state index is 12.7. The van der Waals surface area contributed by atoms with Crippen LogP contribution in [-0.2, 0) is 45.5 Å². The number of nitrogens with zero attached hydrogens (tertiary/aromatic N) is 1. The number of ether oxygens (including phenoxy) is 2. The molecule has 0 aliphatic heterocycles. The summed E-state index contributed by atoms with van der Waals surface area (Å²) in [5, 5.41) is 10.3. The fourth-order valence-electron chi connectivity index (χ4n) is 6.54. The molecular formula is C48H85NO10P+. The van der Waals surface area contributed by atoms with Crippen LogP contribution in [0.5, 0.6) is 0 Å². The molecule has 0 aromatic carbocycles. The second kappa shape index (κ2) is 34.0. The quantitative estimate of drug-likeness (QED) is 0.0165. The predicted molar refractivity (Wildman–Crippen MR) is 243 cm³/mol. The lowest BCUT2D eigenvalue weighted by molar-refractivity contribution is -0.870. The summed E-state index contributed by atoms with van der Waals surface area (Å²) < 4.78 is 40.3. The number of allylic oxidation sites excluding steroid dienone is 5. The van der Waals surface area contributed by atoms with E-state index >= 15 is 0 Å². The Hall–Kier alpha value is -2.53. The van der Waals surface area contributed by atoms with E-state index in [1.807, 2.05) is 33.3 Å². The Bertz CT molecular complexity index is 1410. The fraction of sp³-hybridized carbons (Fsp3) is 0.750. The Balaban J connectivity index is 2.41. The molecule has 0 saturated heterocycles. The summed E-state index contributed by atoms with van der Waals surface area (Å²) in [5.74, 6) is 1.26. The Morgan fingerprint density at radius 1 is 0.717 bits per heavy atom. The van der Waals surface area contributed by atoms with Crippen LogP contribution in [0.25, 0.3) is 0 Å². The lowest BCUT2D eigenvalue weighted by Crippen LogP contribution is -2.37. The van der Waals surface area contributed by atoms with E-state index in [0.29, 0.717) is 30.3 Å². The molecule has 0 aliphatic rings. The minimum absolute atomic E-state index is 0.00854. The molecule has 1 rings (SSSR count). The highest BCUT2D eigenvalue weighted by atomic mass is 31.2. The molecule has 2 N–H and O–H groups in total. The van der Waals surface area contributed by atoms with Crippen molar-refractivity contribution in [3.63, 3.8) is 0 Å². The topological polar surface area (TPSA) is 142 Å². The monoisotopic (exact) mass is 867 g/mol. The van der Waals surface area contributed by atoms with Crippen LogP contribution in [-0.4, -0.2) is 86.1 Å². The number of aliphatic hydroxyl groups excluding tert-OH is 1. The number of likely N-dealkylation sites (N-methyl/N-ethyl adjacent to an activating group) is 1. The Morgan fingerprint density at radius 2 is 1.33 bits per heavy atom. The first-order chi connectivity index (χ1) is 28.7. The Morgan fingerprint density at radius 3 is 2.00 bits per heavy atom. The van der Waals surface area contributed by atoms with Crippen LogP contribution in [0.1, 0.15) is 171 Å². The lowest BCUT2D eigenvalue weighted by atomic mass is 10.0. The number of hydrogen-bond donors (Lipinski definition) is 2. The highest BCUT2D eigenvalue weighted by Crippen LogP contribution is 2.43. The van der Waals surface area contributed by atoms with Crippen molar-refractivity contribution in [2.24, 2.45) is 0 Å². The van der Waals surface area contributed by atoms with E-state index in [1.165, 1.54) is 62.5 Å². The minimum Gasteiger partial charge on any atom is -0.466 e. The van der Waals surface area contributed by atoms with Crippen LogP contribution in [0.3, 0.4) is 0 Å². The molecule has 1 aromatic heterocycles. The maximum absolute atomic E-state index is 12.7. The normalized spacial score (nSPS) is 14.3. The molecule has 0 bridgehead atoms. The van der Waals surface area contributed by atoms with Gasteiger partial charge in [0.05, 0.1) is 33.9 Å². The van der Waals surface area contributed by atoms with E-state index in [-0.39, 0.29) is 26.1 Å². The first kappa shape index (κ1) is 55.5. The molecule has 11 nitrogen and oxygen atoms in total. The van der Waals surface area contributed by atoms with E-state index in [2.05, 4.69) is 39.8 Å². The molecule has 346 valence electrons. The summed E-state index contributed by atoms with van der Waals surface area (Å²) >= 11 is 0. The third-order valence-electron chi connectivity index (χ3n) is 10.5. The molecule has 12 heteroatoms. The molecule has 0 fully saturated rings. The van der Waals surface area contributed by atoms with Crippen molar-refractivity contribution in [1.29, 1.82) is 0 Å². The van der Waals surface area contributed by atoms with Gasteiger partial charge in [-0.05, 0) is 76.3 Å². The van der Waals surface area contributed by atoms with Gasteiger partial charge in [0.15, 0.2) is 6.10 Å². The van der Waals surface area contributed by atoms with E-state index in [4.69, 9.17) is 22.9 Å². The van der Waals surface area contributed by atoms with Crippen LogP contribution in [0, 0.1) is 13.8 Å². The first-order valence-electron chi connectivity index (χ1n) is 23.2. The molecule has 0 spiro atoms. The number of rotatable bonds is 38.